The number of nitrogens with zero attached hydrogens (tertiary/aromatic N) is 2. The summed E-state index contributed by atoms with van der Waals surface area (Å²) in [5.74, 6) is -0.342. The molecule has 0 aliphatic carbocycles. The molecule has 4 amide bonds. The Kier molecular flexibility index (Phi) is 6.85. The van der Waals surface area contributed by atoms with Crippen LogP contribution in [0.25, 0.3) is 0 Å². The van der Waals surface area contributed by atoms with Gasteiger partial charge in [-0.3, -0.25) is 24.5 Å². The molecule has 1 atom stereocenters. The number of ether oxygens (including phenoxy) is 2. The van der Waals surface area contributed by atoms with E-state index in [4.69, 9.17) is 9.47 Å². The minimum absolute atomic E-state index is 0.00828. The summed E-state index contributed by atoms with van der Waals surface area (Å²) >= 11 is 0. The molecule has 3 aliphatic rings. The molecule has 0 aromatic heterocycles. The first kappa shape index (κ1) is 25.1. The fourth-order valence-electron chi connectivity index (χ4n) is 5.37. The quantitative estimate of drug-likeness (QED) is 0.323. The molecule has 1 unspecified atom stereocenters. The van der Waals surface area contributed by atoms with E-state index in [0.29, 0.717) is 44.0 Å². The van der Waals surface area contributed by atoms with Crippen molar-refractivity contribution in [3.63, 3.8) is 0 Å². The number of carbonyl (C=O) groups excluding carboxylic acids is 4. The van der Waals surface area contributed by atoms with Gasteiger partial charge in [-0.25, -0.2) is 0 Å². The molecular weight excluding hydrogens is 471 g/mol. The summed E-state index contributed by atoms with van der Waals surface area (Å²) in [7, 11) is 6.18. The van der Waals surface area contributed by atoms with Gasteiger partial charge in [-0.05, 0) is 29.7 Å². The molecule has 12 heteroatoms. The molecule has 5 rings (SSSR count). The summed E-state index contributed by atoms with van der Waals surface area (Å²) in [6.07, 6.45) is 0.536. The van der Waals surface area contributed by atoms with Crippen LogP contribution in [-0.4, -0.2) is 82.8 Å². The van der Waals surface area contributed by atoms with Crippen LogP contribution < -0.4 is 26.4 Å². The van der Waals surface area contributed by atoms with Gasteiger partial charge in [0.1, 0.15) is 48.5 Å². The van der Waals surface area contributed by atoms with E-state index < -0.39 is 11.9 Å². The number of carbonyl (C=O) groups is 4. The van der Waals surface area contributed by atoms with Crippen molar-refractivity contribution in [3.05, 3.63) is 46.5 Å². The van der Waals surface area contributed by atoms with E-state index in [1.165, 1.54) is 4.90 Å². The molecule has 37 heavy (non-hydrogen) atoms. The van der Waals surface area contributed by atoms with E-state index in [-0.39, 0.29) is 37.3 Å². The van der Waals surface area contributed by atoms with Crippen molar-refractivity contribution in [2.24, 2.45) is 0 Å². The number of rotatable bonds is 6. The number of imide groups is 1. The van der Waals surface area contributed by atoms with E-state index in [2.05, 4.69) is 27.1 Å². The second kappa shape index (κ2) is 10.1. The monoisotopic (exact) mass is 499 g/mol. The van der Waals surface area contributed by atoms with Crippen LogP contribution in [0.2, 0.25) is 0 Å². The smallest absolute Gasteiger partial charge is 0.255 e. The number of amides is 4. The van der Waals surface area contributed by atoms with Gasteiger partial charge >= 0.3 is 0 Å². The van der Waals surface area contributed by atoms with Gasteiger partial charge in [0.15, 0.2) is 0 Å². The van der Waals surface area contributed by atoms with Crippen LogP contribution in [0.1, 0.15) is 39.9 Å². The summed E-state index contributed by atoms with van der Waals surface area (Å²) < 4.78 is 11.5. The van der Waals surface area contributed by atoms with Gasteiger partial charge in [0.2, 0.25) is 17.7 Å². The summed E-state index contributed by atoms with van der Waals surface area (Å²) in [5, 5.41) is 2.33. The summed E-state index contributed by atoms with van der Waals surface area (Å²) in [6.45, 7) is 2.43. The lowest BCUT2D eigenvalue weighted by molar-refractivity contribution is -0.143. The lowest BCUT2D eigenvalue weighted by Crippen LogP contribution is -2.52. The largest absolute Gasteiger partial charge is 0.489 e. The van der Waals surface area contributed by atoms with Crippen LogP contribution in [0.15, 0.2) is 24.3 Å². The minimum atomic E-state index is -0.663. The molecule has 3 aliphatic heterocycles. The van der Waals surface area contributed by atoms with Crippen molar-refractivity contribution in [2.45, 2.75) is 38.6 Å². The highest BCUT2D eigenvalue weighted by Gasteiger charge is 2.40. The van der Waals surface area contributed by atoms with Gasteiger partial charge in [0.05, 0.1) is 13.2 Å². The zero-order valence-electron chi connectivity index (χ0n) is 21.4. The van der Waals surface area contributed by atoms with Crippen LogP contribution in [-0.2, 0) is 38.8 Å². The molecule has 0 saturated carbocycles. The van der Waals surface area contributed by atoms with Crippen molar-refractivity contribution >= 4 is 63.6 Å². The SMILES string of the molecule is Bc1cc(COc2cccc3c2CN(C2CCC(=O)NC2=O)C3=O)c(B)c(B)c1CN1CCOCC1=O. The standard InChI is InChI=1S/C25H28B3N3O6/c26-17-8-13(22(27)23(28)16(17)9-30-6-7-36-12-21(30)33)11-37-19-3-1-2-14-15(19)10-31(25(14)35)18-4-5-20(32)29-24(18)34/h1-3,8,18H,4-7,9-12,26-28H2,(H,29,32,34). The second-order valence-corrected chi connectivity index (χ2v) is 9.92. The van der Waals surface area contributed by atoms with E-state index >= 15 is 0 Å². The number of hydrogen-bond donors (Lipinski definition) is 1. The highest BCUT2D eigenvalue weighted by Crippen LogP contribution is 2.33. The predicted molar refractivity (Wildman–Crippen MR) is 144 cm³/mol. The molecule has 0 bridgehead atoms. The van der Waals surface area contributed by atoms with Crippen molar-refractivity contribution in [3.8, 4) is 5.75 Å². The summed E-state index contributed by atoms with van der Waals surface area (Å²) in [5.41, 5.74) is 6.80. The number of benzene rings is 2. The molecule has 1 N–H and O–H groups in total. The lowest BCUT2D eigenvalue weighted by atomic mass is 9.70. The van der Waals surface area contributed by atoms with Crippen molar-refractivity contribution in [2.75, 3.05) is 19.8 Å². The Morgan fingerprint density at radius 3 is 2.68 bits per heavy atom. The third kappa shape index (κ3) is 4.77. The van der Waals surface area contributed by atoms with E-state index in [0.717, 1.165) is 33.1 Å². The van der Waals surface area contributed by atoms with Crippen LogP contribution in [0.3, 0.4) is 0 Å². The van der Waals surface area contributed by atoms with E-state index in [1.807, 2.05) is 18.8 Å². The number of fused-ring (bicyclic) bond motifs is 1. The van der Waals surface area contributed by atoms with Gasteiger partial charge < -0.3 is 19.3 Å². The Hall–Kier alpha value is -3.53. The van der Waals surface area contributed by atoms with Gasteiger partial charge in [-0.2, -0.15) is 0 Å². The Morgan fingerprint density at radius 1 is 1.11 bits per heavy atom. The zero-order valence-corrected chi connectivity index (χ0v) is 21.4. The summed E-state index contributed by atoms with van der Waals surface area (Å²) in [4.78, 5) is 52.6. The maximum Gasteiger partial charge on any atom is 0.255 e. The molecule has 2 aromatic carbocycles. The average Bonchev–Trinajstić information content (AvgIpc) is 3.21. The fraction of sp³-hybridized carbons (Fsp3) is 0.360. The molecule has 2 aromatic rings. The molecule has 0 radical (unpaired) electrons. The van der Waals surface area contributed by atoms with Crippen molar-refractivity contribution < 1.29 is 28.7 Å². The van der Waals surface area contributed by atoms with Crippen LogP contribution in [0.4, 0.5) is 0 Å². The molecule has 0 spiro atoms. The topological polar surface area (TPSA) is 105 Å². The number of hydrogen-bond acceptors (Lipinski definition) is 6. The normalized spacial score (nSPS) is 19.7. The highest BCUT2D eigenvalue weighted by atomic mass is 16.5. The summed E-state index contributed by atoms with van der Waals surface area (Å²) in [6, 6.07) is 6.81. The Balaban J connectivity index is 1.32. The molecule has 3 heterocycles. The van der Waals surface area contributed by atoms with Gasteiger partial charge in [-0.1, -0.05) is 28.5 Å². The first-order valence-corrected chi connectivity index (χ1v) is 12.6. The maximum atomic E-state index is 13.1. The highest BCUT2D eigenvalue weighted by molar-refractivity contribution is 6.51. The maximum absolute atomic E-state index is 13.1. The van der Waals surface area contributed by atoms with E-state index in [1.54, 1.807) is 12.1 Å². The van der Waals surface area contributed by atoms with Crippen molar-refractivity contribution in [1.82, 2.24) is 15.1 Å². The first-order chi connectivity index (χ1) is 17.7. The zero-order chi connectivity index (χ0) is 26.3. The van der Waals surface area contributed by atoms with Crippen LogP contribution in [0.5, 0.6) is 5.75 Å². The Labute approximate surface area is 218 Å². The average molecular weight is 499 g/mol. The number of nitrogens with one attached hydrogen (secondary N) is 1. The molecule has 2 saturated heterocycles. The third-order valence-corrected chi connectivity index (χ3v) is 7.72. The minimum Gasteiger partial charge on any atom is -0.489 e. The first-order valence-electron chi connectivity index (χ1n) is 12.6. The second-order valence-electron chi connectivity index (χ2n) is 9.92. The molecule has 9 nitrogen and oxygen atoms in total. The van der Waals surface area contributed by atoms with Crippen molar-refractivity contribution in [1.29, 1.82) is 0 Å². The van der Waals surface area contributed by atoms with Crippen LogP contribution >= 0.6 is 0 Å². The van der Waals surface area contributed by atoms with Gasteiger partial charge in [0, 0.05) is 30.6 Å². The Bertz CT molecular complexity index is 1320. The molecule has 2 fully saturated rings. The van der Waals surface area contributed by atoms with Gasteiger partial charge in [-0.15, -0.1) is 0 Å². The lowest BCUT2D eigenvalue weighted by Gasteiger charge is -2.29. The third-order valence-electron chi connectivity index (χ3n) is 7.72. The molecular formula is C25H28B3N3O6. The molecule has 188 valence electrons. The van der Waals surface area contributed by atoms with Crippen LogP contribution in [0, 0.1) is 0 Å². The predicted octanol–water partition coefficient (Wildman–Crippen LogP) is -3.84. The number of piperidine rings is 1. The fourth-order valence-corrected chi connectivity index (χ4v) is 5.37. The van der Waals surface area contributed by atoms with E-state index in [9.17, 15) is 19.2 Å². The number of morpholine rings is 1. The van der Waals surface area contributed by atoms with Gasteiger partial charge in [0.25, 0.3) is 5.91 Å². The Morgan fingerprint density at radius 2 is 1.92 bits per heavy atom.